The smallest absolute Gasteiger partial charge is 0.345 e. The molecular formula is C31H23Cl2N3O5. The lowest BCUT2D eigenvalue weighted by molar-refractivity contribution is 0.0729. The lowest BCUT2D eigenvalue weighted by Crippen LogP contribution is -2.18. The van der Waals surface area contributed by atoms with E-state index in [2.05, 4.69) is 15.5 Å². The molecule has 0 saturated heterocycles. The first-order valence-corrected chi connectivity index (χ1v) is 13.1. The predicted octanol–water partition coefficient (Wildman–Crippen LogP) is 7.14. The Bertz CT molecular complexity index is 1780. The number of rotatable bonds is 8. The zero-order chi connectivity index (χ0) is 28.9. The van der Waals surface area contributed by atoms with Crippen LogP contribution in [0.5, 0.6) is 17.2 Å². The van der Waals surface area contributed by atoms with Gasteiger partial charge < -0.3 is 19.2 Å². The van der Waals surface area contributed by atoms with Crippen LogP contribution in [-0.2, 0) is 0 Å². The Labute approximate surface area is 245 Å². The van der Waals surface area contributed by atoms with Gasteiger partial charge in [0.05, 0.1) is 36.5 Å². The maximum absolute atomic E-state index is 13.3. The van der Waals surface area contributed by atoms with Crippen molar-refractivity contribution in [3.8, 4) is 28.4 Å². The molecule has 1 amide bonds. The molecule has 0 aliphatic rings. The maximum atomic E-state index is 13.3. The number of para-hydroxylation sites is 1. The number of hydrogen-bond acceptors (Lipinski definition) is 6. The number of aromatic amines is 1. The fourth-order valence-corrected chi connectivity index (χ4v) is 4.80. The molecule has 0 radical (unpaired) electrons. The van der Waals surface area contributed by atoms with Gasteiger partial charge in [0.1, 0.15) is 11.4 Å². The zero-order valence-electron chi connectivity index (χ0n) is 21.9. The lowest BCUT2D eigenvalue weighted by Gasteiger charge is -2.10. The van der Waals surface area contributed by atoms with Crippen LogP contribution in [0.4, 0.5) is 0 Å². The summed E-state index contributed by atoms with van der Waals surface area (Å²) in [5.74, 6) is -0.0102. The standard InChI is InChI=1S/C31H23Cl2N3O5/c1-39-25-10-6-9-22-27(19-7-4-3-5-8-19)29(35-28(22)25)30(37)36-34-17-18-11-14-24(26(15-18)40-2)41-31(38)21-13-12-20(32)16-23(21)33/h3-17,35H,1-2H3,(H,36,37). The minimum absolute atomic E-state index is 0.163. The predicted molar refractivity (Wildman–Crippen MR) is 160 cm³/mol. The van der Waals surface area contributed by atoms with E-state index in [9.17, 15) is 9.59 Å². The van der Waals surface area contributed by atoms with Gasteiger partial charge in [-0.1, -0.05) is 65.7 Å². The Morgan fingerprint density at radius 1 is 0.854 bits per heavy atom. The summed E-state index contributed by atoms with van der Waals surface area (Å²) in [5.41, 5.74) is 5.99. The van der Waals surface area contributed by atoms with Crippen LogP contribution in [0.1, 0.15) is 26.4 Å². The third-order valence-electron chi connectivity index (χ3n) is 6.23. The van der Waals surface area contributed by atoms with Gasteiger partial charge in [-0.25, -0.2) is 10.2 Å². The van der Waals surface area contributed by atoms with Gasteiger partial charge in [-0.05, 0) is 53.6 Å². The van der Waals surface area contributed by atoms with Crippen molar-refractivity contribution in [1.29, 1.82) is 0 Å². The number of H-pyrrole nitrogens is 1. The SMILES string of the molecule is COc1cc(C=NNC(=O)c2[nH]c3c(OC)cccc3c2-c2ccccc2)ccc1OC(=O)c1ccc(Cl)cc1Cl. The van der Waals surface area contributed by atoms with E-state index >= 15 is 0 Å². The molecule has 8 nitrogen and oxygen atoms in total. The Hall–Kier alpha value is -4.79. The number of nitrogens with zero attached hydrogens (tertiary/aromatic N) is 1. The van der Waals surface area contributed by atoms with Gasteiger partial charge in [-0.2, -0.15) is 5.10 Å². The number of aromatic nitrogens is 1. The minimum Gasteiger partial charge on any atom is -0.495 e. The quantitative estimate of drug-likeness (QED) is 0.0869. The molecule has 1 heterocycles. The normalized spacial score (nSPS) is 11.0. The highest BCUT2D eigenvalue weighted by molar-refractivity contribution is 6.36. The summed E-state index contributed by atoms with van der Waals surface area (Å²) in [7, 11) is 3.02. The topological polar surface area (TPSA) is 102 Å². The number of hydrazone groups is 1. The van der Waals surface area contributed by atoms with Gasteiger partial charge in [0.15, 0.2) is 11.5 Å². The number of carbonyl (C=O) groups is 2. The van der Waals surface area contributed by atoms with Crippen LogP contribution in [0, 0.1) is 0 Å². The van der Waals surface area contributed by atoms with Gasteiger partial charge in [0, 0.05) is 16.0 Å². The second-order valence-corrected chi connectivity index (χ2v) is 9.59. The molecule has 5 aromatic rings. The van der Waals surface area contributed by atoms with Crippen LogP contribution in [0.3, 0.4) is 0 Å². The van der Waals surface area contributed by atoms with Crippen LogP contribution in [0.25, 0.3) is 22.0 Å². The molecule has 0 atom stereocenters. The van der Waals surface area contributed by atoms with E-state index in [0.29, 0.717) is 27.5 Å². The summed E-state index contributed by atoms with van der Waals surface area (Å²) in [5, 5.41) is 5.55. The van der Waals surface area contributed by atoms with E-state index in [1.54, 1.807) is 31.4 Å². The molecule has 4 aromatic carbocycles. The Balaban J connectivity index is 1.36. The number of ether oxygens (including phenoxy) is 3. The Morgan fingerprint density at radius 3 is 2.37 bits per heavy atom. The first-order valence-electron chi connectivity index (χ1n) is 12.3. The lowest BCUT2D eigenvalue weighted by atomic mass is 10.0. The van der Waals surface area contributed by atoms with Gasteiger partial charge in [-0.15, -0.1) is 0 Å². The molecule has 0 spiro atoms. The average molecular weight is 588 g/mol. The summed E-state index contributed by atoms with van der Waals surface area (Å²) in [4.78, 5) is 29.1. The third kappa shape index (κ3) is 5.89. The van der Waals surface area contributed by atoms with E-state index < -0.39 is 11.9 Å². The fraction of sp³-hybridized carbons (Fsp3) is 0.0645. The number of carbonyl (C=O) groups excluding carboxylic acids is 2. The van der Waals surface area contributed by atoms with E-state index in [1.165, 1.54) is 25.5 Å². The zero-order valence-corrected chi connectivity index (χ0v) is 23.4. The second-order valence-electron chi connectivity index (χ2n) is 8.75. The van der Waals surface area contributed by atoms with Gasteiger partial charge in [0.2, 0.25) is 0 Å². The fourth-order valence-electron chi connectivity index (χ4n) is 4.32. The number of benzene rings is 4. The minimum atomic E-state index is -0.664. The number of fused-ring (bicyclic) bond motifs is 1. The molecule has 2 N–H and O–H groups in total. The van der Waals surface area contributed by atoms with E-state index in [1.807, 2.05) is 48.5 Å². The summed E-state index contributed by atoms with van der Waals surface area (Å²) in [6.45, 7) is 0. The highest BCUT2D eigenvalue weighted by Gasteiger charge is 2.21. The summed E-state index contributed by atoms with van der Waals surface area (Å²) in [6, 6.07) is 24.5. The molecule has 10 heteroatoms. The molecule has 0 bridgehead atoms. The van der Waals surface area contributed by atoms with Crippen LogP contribution in [0.2, 0.25) is 10.0 Å². The number of esters is 1. The van der Waals surface area contributed by atoms with Crippen molar-refractivity contribution >= 4 is 52.2 Å². The van der Waals surface area contributed by atoms with Gasteiger partial charge >= 0.3 is 5.97 Å². The van der Waals surface area contributed by atoms with E-state index in [0.717, 1.165) is 16.5 Å². The second kappa shape index (κ2) is 12.2. The maximum Gasteiger partial charge on any atom is 0.345 e. The van der Waals surface area contributed by atoms with E-state index in [-0.39, 0.29) is 22.1 Å². The molecular weight excluding hydrogens is 565 g/mol. The molecule has 0 unspecified atom stereocenters. The summed E-state index contributed by atoms with van der Waals surface area (Å²) >= 11 is 12.0. The number of nitrogens with one attached hydrogen (secondary N) is 2. The number of hydrogen-bond donors (Lipinski definition) is 2. The summed E-state index contributed by atoms with van der Waals surface area (Å²) in [6.07, 6.45) is 1.45. The first-order chi connectivity index (χ1) is 19.9. The van der Waals surface area contributed by atoms with Crippen LogP contribution in [0.15, 0.2) is 90.0 Å². The van der Waals surface area contributed by atoms with Crippen molar-refractivity contribution in [2.45, 2.75) is 0 Å². The molecule has 0 aliphatic heterocycles. The van der Waals surface area contributed by atoms with Crippen molar-refractivity contribution in [2.24, 2.45) is 5.10 Å². The molecule has 5 rings (SSSR count). The van der Waals surface area contributed by atoms with Crippen LogP contribution >= 0.6 is 23.2 Å². The molecule has 1 aromatic heterocycles. The molecule has 0 saturated carbocycles. The largest absolute Gasteiger partial charge is 0.495 e. The van der Waals surface area contributed by atoms with Crippen molar-refractivity contribution < 1.29 is 23.8 Å². The number of methoxy groups -OCH3 is 2. The van der Waals surface area contributed by atoms with Gasteiger partial charge in [0.25, 0.3) is 5.91 Å². The van der Waals surface area contributed by atoms with Crippen LogP contribution in [-0.4, -0.2) is 37.3 Å². The first kappa shape index (κ1) is 27.8. The van der Waals surface area contributed by atoms with Crippen molar-refractivity contribution in [1.82, 2.24) is 10.4 Å². The molecule has 206 valence electrons. The Kier molecular flexibility index (Phi) is 8.24. The molecule has 0 aliphatic carbocycles. The molecule has 0 fully saturated rings. The number of amides is 1. The van der Waals surface area contributed by atoms with Gasteiger partial charge in [-0.3, -0.25) is 4.79 Å². The number of halogens is 2. The van der Waals surface area contributed by atoms with E-state index in [4.69, 9.17) is 37.4 Å². The monoisotopic (exact) mass is 587 g/mol. The highest BCUT2D eigenvalue weighted by atomic mass is 35.5. The van der Waals surface area contributed by atoms with Crippen LogP contribution < -0.4 is 19.6 Å². The Morgan fingerprint density at radius 2 is 1.63 bits per heavy atom. The van der Waals surface area contributed by atoms with Crippen molar-refractivity contribution in [2.75, 3.05) is 14.2 Å². The van der Waals surface area contributed by atoms with Crippen molar-refractivity contribution in [3.05, 3.63) is 112 Å². The highest BCUT2D eigenvalue weighted by Crippen LogP contribution is 2.36. The average Bonchev–Trinajstić information content (AvgIpc) is 3.38. The third-order valence-corrected chi connectivity index (χ3v) is 6.77. The summed E-state index contributed by atoms with van der Waals surface area (Å²) < 4.78 is 16.4. The molecule has 41 heavy (non-hydrogen) atoms. The van der Waals surface area contributed by atoms with Crippen molar-refractivity contribution in [3.63, 3.8) is 0 Å².